The first-order chi connectivity index (χ1) is 16.0. The van der Waals surface area contributed by atoms with Gasteiger partial charge in [-0.25, -0.2) is 9.38 Å². The number of nitrogens with two attached hydrogens (primary N) is 1. The number of halogens is 1. The summed E-state index contributed by atoms with van der Waals surface area (Å²) in [6.07, 6.45) is 0. The molecular formula is C26H25FN4O2. The third kappa shape index (κ3) is 5.38. The Kier molecular flexibility index (Phi) is 6.69. The number of guanidine groups is 1. The van der Waals surface area contributed by atoms with Crippen molar-refractivity contribution in [2.24, 2.45) is 10.7 Å². The quantitative estimate of drug-likeness (QED) is 0.288. The topological polar surface area (TPSA) is 85.7 Å². The molecule has 0 fully saturated rings. The molecule has 4 rings (SSSR count). The maximum absolute atomic E-state index is 14.8. The monoisotopic (exact) mass is 444 g/mol. The van der Waals surface area contributed by atoms with Crippen molar-refractivity contribution < 1.29 is 13.7 Å². The van der Waals surface area contributed by atoms with Gasteiger partial charge in [0.1, 0.15) is 18.1 Å². The molecule has 1 heterocycles. The van der Waals surface area contributed by atoms with E-state index >= 15 is 0 Å². The fourth-order valence-corrected chi connectivity index (χ4v) is 3.46. The van der Waals surface area contributed by atoms with E-state index in [4.69, 9.17) is 15.0 Å². The second-order valence-corrected chi connectivity index (χ2v) is 7.60. The summed E-state index contributed by atoms with van der Waals surface area (Å²) >= 11 is 0. The number of benzene rings is 3. The van der Waals surface area contributed by atoms with E-state index in [-0.39, 0.29) is 24.2 Å². The van der Waals surface area contributed by atoms with Crippen LogP contribution in [0.3, 0.4) is 0 Å². The summed E-state index contributed by atoms with van der Waals surface area (Å²) < 4.78 is 25.3. The minimum Gasteiger partial charge on any atom is -0.497 e. The normalized spacial score (nSPS) is 12.4. The predicted molar refractivity (Wildman–Crippen MR) is 128 cm³/mol. The molecule has 0 saturated carbocycles. The number of ether oxygens (including phenoxy) is 1. The van der Waals surface area contributed by atoms with Crippen LogP contribution in [-0.4, -0.2) is 18.2 Å². The van der Waals surface area contributed by atoms with Crippen LogP contribution in [0.4, 0.5) is 10.1 Å². The van der Waals surface area contributed by atoms with Gasteiger partial charge in [0.15, 0.2) is 11.7 Å². The molecule has 3 aromatic carbocycles. The highest BCUT2D eigenvalue weighted by Crippen LogP contribution is 2.29. The van der Waals surface area contributed by atoms with E-state index in [9.17, 15) is 4.39 Å². The molecule has 1 atom stereocenters. The molecule has 33 heavy (non-hydrogen) atoms. The number of nitrogens with one attached hydrogen (secondary N) is 1. The van der Waals surface area contributed by atoms with Crippen LogP contribution >= 0.6 is 0 Å². The lowest BCUT2D eigenvalue weighted by Crippen LogP contribution is -2.22. The molecule has 0 bridgehead atoms. The molecule has 6 nitrogen and oxygen atoms in total. The fraction of sp³-hybridized carbons (Fsp3) is 0.154. The van der Waals surface area contributed by atoms with Crippen molar-refractivity contribution in [3.63, 3.8) is 0 Å². The molecule has 1 aromatic heterocycles. The van der Waals surface area contributed by atoms with E-state index in [1.807, 2.05) is 73.7 Å². The first kappa shape index (κ1) is 22.1. The summed E-state index contributed by atoms with van der Waals surface area (Å²) in [5.41, 5.74) is 9.69. The number of anilines is 1. The van der Waals surface area contributed by atoms with E-state index in [0.717, 1.165) is 22.6 Å². The molecule has 0 spiro atoms. The zero-order valence-corrected chi connectivity index (χ0v) is 18.5. The van der Waals surface area contributed by atoms with Gasteiger partial charge in [0.05, 0.1) is 12.8 Å². The van der Waals surface area contributed by atoms with E-state index in [0.29, 0.717) is 17.0 Å². The van der Waals surface area contributed by atoms with Crippen molar-refractivity contribution in [1.29, 1.82) is 0 Å². The van der Waals surface area contributed by atoms with E-state index in [2.05, 4.69) is 15.5 Å². The molecule has 0 aliphatic rings. The summed E-state index contributed by atoms with van der Waals surface area (Å²) in [7, 11) is 1.61. The summed E-state index contributed by atoms with van der Waals surface area (Å²) in [6.45, 7) is 2.19. The number of methoxy groups -OCH3 is 1. The largest absolute Gasteiger partial charge is 0.497 e. The van der Waals surface area contributed by atoms with E-state index < -0.39 is 0 Å². The van der Waals surface area contributed by atoms with Crippen LogP contribution in [0.1, 0.15) is 29.9 Å². The van der Waals surface area contributed by atoms with Crippen molar-refractivity contribution >= 4 is 11.6 Å². The molecule has 0 aliphatic carbocycles. The minimum atomic E-state index is -0.267. The number of nitrogens with zero attached hydrogens (tertiary/aromatic N) is 2. The average Bonchev–Trinajstić information content (AvgIpc) is 3.32. The van der Waals surface area contributed by atoms with Gasteiger partial charge in [-0.15, -0.1) is 0 Å². The highest BCUT2D eigenvalue weighted by molar-refractivity contribution is 5.92. The van der Waals surface area contributed by atoms with Crippen LogP contribution in [-0.2, 0) is 6.54 Å². The average molecular weight is 445 g/mol. The summed E-state index contributed by atoms with van der Waals surface area (Å²) in [5.74, 6) is 1.17. The van der Waals surface area contributed by atoms with Crippen molar-refractivity contribution in [1.82, 2.24) is 5.16 Å². The van der Waals surface area contributed by atoms with Crippen LogP contribution in [0.15, 0.2) is 88.4 Å². The fourth-order valence-electron chi connectivity index (χ4n) is 3.46. The lowest BCUT2D eigenvalue weighted by Gasteiger charge is -2.11. The highest BCUT2D eigenvalue weighted by Gasteiger charge is 2.16. The maximum Gasteiger partial charge on any atom is 0.193 e. The summed E-state index contributed by atoms with van der Waals surface area (Å²) in [4.78, 5) is 4.30. The Hall–Kier alpha value is -4.13. The molecular weight excluding hydrogens is 419 g/mol. The Morgan fingerprint density at radius 3 is 2.55 bits per heavy atom. The zero-order chi connectivity index (χ0) is 23.2. The van der Waals surface area contributed by atoms with Gasteiger partial charge in [-0.1, -0.05) is 54.5 Å². The molecule has 0 amide bonds. The van der Waals surface area contributed by atoms with E-state index in [1.165, 1.54) is 0 Å². The molecule has 7 heteroatoms. The van der Waals surface area contributed by atoms with Gasteiger partial charge in [-0.2, -0.15) is 0 Å². The molecule has 4 aromatic rings. The SMILES string of the molecule is COc1ccc(NC(N)=NCc2cc(C(C)c3ccc(-c4ccccc4)c(F)c3)no2)cc1. The first-order valence-electron chi connectivity index (χ1n) is 10.5. The molecule has 0 saturated heterocycles. The van der Waals surface area contributed by atoms with Gasteiger partial charge in [-0.05, 0) is 41.5 Å². The second kappa shape index (κ2) is 9.99. The number of hydrogen-bond donors (Lipinski definition) is 2. The second-order valence-electron chi connectivity index (χ2n) is 7.60. The molecule has 168 valence electrons. The number of hydrogen-bond acceptors (Lipinski definition) is 4. The smallest absolute Gasteiger partial charge is 0.193 e. The first-order valence-corrected chi connectivity index (χ1v) is 10.5. The van der Waals surface area contributed by atoms with Crippen LogP contribution in [0.5, 0.6) is 5.75 Å². The Balaban J connectivity index is 1.41. The van der Waals surface area contributed by atoms with Crippen LogP contribution < -0.4 is 15.8 Å². The van der Waals surface area contributed by atoms with Gasteiger partial charge >= 0.3 is 0 Å². The molecule has 0 aliphatic heterocycles. The van der Waals surface area contributed by atoms with Crippen LogP contribution in [0, 0.1) is 5.82 Å². The molecule has 3 N–H and O–H groups in total. The van der Waals surface area contributed by atoms with Crippen molar-refractivity contribution in [2.45, 2.75) is 19.4 Å². The number of aliphatic imine (C=N–C) groups is 1. The van der Waals surface area contributed by atoms with Gasteiger partial charge < -0.3 is 20.3 Å². The third-order valence-electron chi connectivity index (χ3n) is 5.37. The zero-order valence-electron chi connectivity index (χ0n) is 18.5. The van der Waals surface area contributed by atoms with Crippen molar-refractivity contribution in [3.8, 4) is 16.9 Å². The molecule has 0 radical (unpaired) electrons. The minimum absolute atomic E-state index is 0.138. The Labute approximate surface area is 191 Å². The van der Waals surface area contributed by atoms with Gasteiger partial charge in [0.25, 0.3) is 0 Å². The van der Waals surface area contributed by atoms with Crippen LogP contribution in [0.2, 0.25) is 0 Å². The maximum atomic E-state index is 14.8. The van der Waals surface area contributed by atoms with Crippen molar-refractivity contribution in [2.75, 3.05) is 12.4 Å². The number of aromatic nitrogens is 1. The highest BCUT2D eigenvalue weighted by atomic mass is 19.1. The number of rotatable bonds is 7. The van der Waals surface area contributed by atoms with Crippen LogP contribution in [0.25, 0.3) is 11.1 Å². The Morgan fingerprint density at radius 1 is 1.09 bits per heavy atom. The Morgan fingerprint density at radius 2 is 1.85 bits per heavy atom. The van der Waals surface area contributed by atoms with Crippen molar-refractivity contribution in [3.05, 3.63) is 102 Å². The van der Waals surface area contributed by atoms with E-state index in [1.54, 1.807) is 19.2 Å². The van der Waals surface area contributed by atoms with Gasteiger partial charge in [-0.3, -0.25) is 0 Å². The summed E-state index contributed by atoms with van der Waals surface area (Å²) in [6, 6.07) is 23.9. The van der Waals surface area contributed by atoms with Gasteiger partial charge in [0, 0.05) is 23.2 Å². The predicted octanol–water partition coefficient (Wildman–Crippen LogP) is 5.57. The standard InChI is InChI=1S/C26H25FN4O2/c1-17(19-8-13-23(24(27)14-19)18-6-4-3-5-7-18)25-15-22(33-31-25)16-29-26(28)30-20-9-11-21(32-2)12-10-20/h3-15,17H,16H2,1-2H3,(H3,28,29,30). The van der Waals surface area contributed by atoms with Gasteiger partial charge in [0.2, 0.25) is 0 Å². The Bertz CT molecular complexity index is 1240. The molecule has 1 unspecified atom stereocenters. The lowest BCUT2D eigenvalue weighted by molar-refractivity contribution is 0.377. The lowest BCUT2D eigenvalue weighted by atomic mass is 9.94. The third-order valence-corrected chi connectivity index (χ3v) is 5.37. The summed E-state index contributed by atoms with van der Waals surface area (Å²) in [5, 5.41) is 7.15.